The maximum atomic E-state index is 10.9. The second-order valence-corrected chi connectivity index (χ2v) is 5.03. The zero-order valence-corrected chi connectivity index (χ0v) is 11.1. The molecule has 1 unspecified atom stereocenters. The molecule has 0 saturated carbocycles. The van der Waals surface area contributed by atoms with E-state index in [4.69, 9.17) is 16.7 Å². The van der Waals surface area contributed by atoms with E-state index in [0.29, 0.717) is 11.6 Å². The number of rotatable bonds is 3. The Labute approximate surface area is 116 Å². The molecule has 102 valence electrons. The van der Waals surface area contributed by atoms with Crippen molar-refractivity contribution < 1.29 is 14.7 Å². The third kappa shape index (κ3) is 3.61. The van der Waals surface area contributed by atoms with Gasteiger partial charge in [-0.15, -0.1) is 0 Å². The number of carbonyl (C=O) groups excluding carboxylic acids is 1. The second-order valence-electron chi connectivity index (χ2n) is 4.59. The lowest BCUT2D eigenvalue weighted by Gasteiger charge is -2.18. The van der Waals surface area contributed by atoms with Crippen molar-refractivity contribution in [3.8, 4) is 0 Å². The molecule has 0 aliphatic carbocycles. The Bertz CT molecular complexity index is 475. The summed E-state index contributed by atoms with van der Waals surface area (Å²) in [6.07, 6.45) is 0.933. The Balaban J connectivity index is 1.84. The number of carboxylic acid groups (broad SMARTS) is 1. The van der Waals surface area contributed by atoms with E-state index >= 15 is 0 Å². The number of hydrogen-bond donors (Lipinski definition) is 2. The SMILES string of the molecule is O=C(O)C(=O)NCC1CCN(c2ccc(Cl)cc2)C1. The summed E-state index contributed by atoms with van der Waals surface area (Å²) in [5.41, 5.74) is 1.09. The lowest BCUT2D eigenvalue weighted by atomic mass is 10.1. The molecular formula is C13H15ClN2O3. The molecule has 5 nitrogen and oxygen atoms in total. The fourth-order valence-electron chi connectivity index (χ4n) is 2.20. The maximum Gasteiger partial charge on any atom is 0.394 e. The van der Waals surface area contributed by atoms with E-state index in [2.05, 4.69) is 10.2 Å². The van der Waals surface area contributed by atoms with Gasteiger partial charge >= 0.3 is 11.9 Å². The van der Waals surface area contributed by atoms with E-state index in [0.717, 1.165) is 25.2 Å². The number of hydrogen-bond acceptors (Lipinski definition) is 3. The van der Waals surface area contributed by atoms with Crippen LogP contribution in [0, 0.1) is 5.92 Å². The van der Waals surface area contributed by atoms with Crippen LogP contribution in [0.25, 0.3) is 0 Å². The number of amides is 1. The van der Waals surface area contributed by atoms with Gasteiger partial charge in [-0.05, 0) is 36.6 Å². The van der Waals surface area contributed by atoms with E-state index in [1.54, 1.807) is 0 Å². The summed E-state index contributed by atoms with van der Waals surface area (Å²) >= 11 is 5.84. The molecule has 1 aromatic carbocycles. The van der Waals surface area contributed by atoms with E-state index in [9.17, 15) is 9.59 Å². The molecule has 1 atom stereocenters. The van der Waals surface area contributed by atoms with Gasteiger partial charge in [-0.1, -0.05) is 11.6 Å². The fourth-order valence-corrected chi connectivity index (χ4v) is 2.32. The molecule has 0 spiro atoms. The van der Waals surface area contributed by atoms with Gasteiger partial charge in [-0.2, -0.15) is 0 Å². The Morgan fingerprint density at radius 2 is 2.05 bits per heavy atom. The third-order valence-corrected chi connectivity index (χ3v) is 3.48. The summed E-state index contributed by atoms with van der Waals surface area (Å²) in [4.78, 5) is 23.5. The van der Waals surface area contributed by atoms with Gasteiger partial charge in [0.2, 0.25) is 0 Å². The highest BCUT2D eigenvalue weighted by Crippen LogP contribution is 2.24. The number of carbonyl (C=O) groups is 2. The minimum Gasteiger partial charge on any atom is -0.474 e. The molecule has 1 aliphatic rings. The van der Waals surface area contributed by atoms with Gasteiger partial charge in [0.15, 0.2) is 0 Å². The summed E-state index contributed by atoms with van der Waals surface area (Å²) in [6, 6.07) is 7.61. The van der Waals surface area contributed by atoms with Crippen molar-refractivity contribution in [1.29, 1.82) is 0 Å². The molecule has 0 radical (unpaired) electrons. The minimum absolute atomic E-state index is 0.277. The first kappa shape index (κ1) is 13.7. The molecule has 1 fully saturated rings. The van der Waals surface area contributed by atoms with Gasteiger partial charge in [0.05, 0.1) is 0 Å². The topological polar surface area (TPSA) is 69.6 Å². The molecule has 0 aromatic heterocycles. The Kier molecular flexibility index (Phi) is 4.27. The number of benzene rings is 1. The quantitative estimate of drug-likeness (QED) is 0.822. The van der Waals surface area contributed by atoms with Crippen molar-refractivity contribution in [3.63, 3.8) is 0 Å². The predicted octanol–water partition coefficient (Wildman–Crippen LogP) is 1.37. The highest BCUT2D eigenvalue weighted by atomic mass is 35.5. The van der Waals surface area contributed by atoms with Gasteiger partial charge < -0.3 is 15.3 Å². The number of halogens is 1. The molecule has 1 amide bonds. The van der Waals surface area contributed by atoms with E-state index in [1.807, 2.05) is 24.3 Å². The normalized spacial score (nSPS) is 18.4. The van der Waals surface area contributed by atoms with Crippen LogP contribution in [0.1, 0.15) is 6.42 Å². The average Bonchev–Trinajstić information content (AvgIpc) is 2.85. The van der Waals surface area contributed by atoms with Crippen LogP contribution in [-0.4, -0.2) is 36.6 Å². The van der Waals surface area contributed by atoms with Crippen molar-refractivity contribution >= 4 is 29.2 Å². The van der Waals surface area contributed by atoms with Crippen LogP contribution in [0.5, 0.6) is 0 Å². The zero-order valence-electron chi connectivity index (χ0n) is 10.3. The van der Waals surface area contributed by atoms with Crippen LogP contribution in [0.3, 0.4) is 0 Å². The number of anilines is 1. The summed E-state index contributed by atoms with van der Waals surface area (Å²) in [6.45, 7) is 2.10. The van der Waals surface area contributed by atoms with Gasteiger partial charge in [-0.3, -0.25) is 4.79 Å². The zero-order chi connectivity index (χ0) is 13.8. The highest BCUT2D eigenvalue weighted by molar-refractivity contribution is 6.31. The first-order chi connectivity index (χ1) is 9.06. The summed E-state index contributed by atoms with van der Waals surface area (Å²) < 4.78 is 0. The third-order valence-electron chi connectivity index (χ3n) is 3.22. The Morgan fingerprint density at radius 1 is 1.37 bits per heavy atom. The first-order valence-corrected chi connectivity index (χ1v) is 6.45. The molecule has 6 heteroatoms. The molecule has 2 N–H and O–H groups in total. The van der Waals surface area contributed by atoms with E-state index in [1.165, 1.54) is 0 Å². The van der Waals surface area contributed by atoms with Crippen LogP contribution in [-0.2, 0) is 9.59 Å². The molecule has 1 saturated heterocycles. The van der Waals surface area contributed by atoms with E-state index in [-0.39, 0.29) is 5.92 Å². The highest BCUT2D eigenvalue weighted by Gasteiger charge is 2.23. The summed E-state index contributed by atoms with van der Waals surface area (Å²) in [7, 11) is 0. The lowest BCUT2D eigenvalue weighted by molar-refractivity contribution is -0.150. The summed E-state index contributed by atoms with van der Waals surface area (Å²) in [5.74, 6) is -2.10. The predicted molar refractivity (Wildman–Crippen MR) is 72.4 cm³/mol. The van der Waals surface area contributed by atoms with Crippen molar-refractivity contribution in [3.05, 3.63) is 29.3 Å². The monoisotopic (exact) mass is 282 g/mol. The number of carboxylic acids is 1. The smallest absolute Gasteiger partial charge is 0.394 e. The van der Waals surface area contributed by atoms with Crippen LogP contribution >= 0.6 is 11.6 Å². The standard InChI is InChI=1S/C13H15ClN2O3/c14-10-1-3-11(4-2-10)16-6-5-9(8-16)7-15-12(17)13(18)19/h1-4,9H,5-8H2,(H,15,17)(H,18,19). The fraction of sp³-hybridized carbons (Fsp3) is 0.385. The number of aliphatic carboxylic acids is 1. The maximum absolute atomic E-state index is 10.9. The largest absolute Gasteiger partial charge is 0.474 e. The minimum atomic E-state index is -1.44. The van der Waals surface area contributed by atoms with Gasteiger partial charge in [0.1, 0.15) is 0 Å². The molecule has 1 aliphatic heterocycles. The van der Waals surface area contributed by atoms with Crippen LogP contribution in [0.15, 0.2) is 24.3 Å². The number of nitrogens with zero attached hydrogens (tertiary/aromatic N) is 1. The van der Waals surface area contributed by atoms with Crippen LogP contribution in [0.2, 0.25) is 5.02 Å². The van der Waals surface area contributed by atoms with Crippen molar-refractivity contribution in [2.75, 3.05) is 24.5 Å². The summed E-state index contributed by atoms with van der Waals surface area (Å²) in [5, 5.41) is 11.6. The van der Waals surface area contributed by atoms with Gasteiger partial charge in [-0.25, -0.2) is 4.79 Å². The number of nitrogens with one attached hydrogen (secondary N) is 1. The van der Waals surface area contributed by atoms with Crippen LogP contribution < -0.4 is 10.2 Å². The molecule has 19 heavy (non-hydrogen) atoms. The first-order valence-electron chi connectivity index (χ1n) is 6.08. The molecule has 2 rings (SSSR count). The Morgan fingerprint density at radius 3 is 2.68 bits per heavy atom. The van der Waals surface area contributed by atoms with Crippen molar-refractivity contribution in [2.45, 2.75) is 6.42 Å². The van der Waals surface area contributed by atoms with Gasteiger partial charge in [0.25, 0.3) is 0 Å². The van der Waals surface area contributed by atoms with E-state index < -0.39 is 11.9 Å². The molecule has 1 heterocycles. The lowest BCUT2D eigenvalue weighted by Crippen LogP contribution is -2.35. The van der Waals surface area contributed by atoms with Crippen molar-refractivity contribution in [1.82, 2.24) is 5.32 Å². The average molecular weight is 283 g/mol. The molecule has 0 bridgehead atoms. The van der Waals surface area contributed by atoms with Gasteiger partial charge in [0, 0.05) is 30.3 Å². The Hall–Kier alpha value is -1.75. The second kappa shape index (κ2) is 5.93. The molecule has 1 aromatic rings. The van der Waals surface area contributed by atoms with Crippen LogP contribution in [0.4, 0.5) is 5.69 Å². The molecular weight excluding hydrogens is 268 g/mol. The van der Waals surface area contributed by atoms with Crippen molar-refractivity contribution in [2.24, 2.45) is 5.92 Å².